The van der Waals surface area contributed by atoms with Crippen LogP contribution >= 0.6 is 0 Å². The van der Waals surface area contributed by atoms with Gasteiger partial charge >= 0.3 is 5.76 Å². The summed E-state index contributed by atoms with van der Waals surface area (Å²) >= 11 is 0. The number of H-pyrrole nitrogens is 1. The molecular weight excluding hydrogens is 232 g/mol. The lowest BCUT2D eigenvalue weighted by Crippen LogP contribution is -2.38. The third kappa shape index (κ3) is 2.32. The normalized spacial score (nSPS) is 14.3. The monoisotopic (exact) mass is 250 g/mol. The fraction of sp³-hybridized carbons (Fsp3) is 0.462. The minimum atomic E-state index is -0.888. The van der Waals surface area contributed by atoms with Crippen LogP contribution in [0.2, 0.25) is 0 Å². The Kier molecular flexibility index (Phi) is 3.04. The second-order valence-corrected chi connectivity index (χ2v) is 5.29. The summed E-state index contributed by atoms with van der Waals surface area (Å²) in [5.74, 6) is -0.466. The van der Waals surface area contributed by atoms with Gasteiger partial charge in [-0.1, -0.05) is 6.07 Å². The van der Waals surface area contributed by atoms with E-state index in [1.807, 2.05) is 31.1 Å². The number of benzene rings is 1. The fourth-order valence-corrected chi connectivity index (χ4v) is 2.48. The van der Waals surface area contributed by atoms with E-state index in [2.05, 4.69) is 4.98 Å². The molecule has 1 unspecified atom stereocenters. The van der Waals surface area contributed by atoms with E-state index in [0.29, 0.717) is 11.1 Å². The molecule has 0 aliphatic heterocycles. The molecule has 98 valence electrons. The Hall–Kier alpha value is -1.59. The van der Waals surface area contributed by atoms with Crippen LogP contribution in [0.1, 0.15) is 25.5 Å². The molecule has 0 radical (unpaired) electrons. The van der Waals surface area contributed by atoms with Crippen molar-refractivity contribution >= 4 is 11.1 Å². The molecule has 0 saturated heterocycles. The molecule has 2 aromatic rings. The zero-order valence-electron chi connectivity index (χ0n) is 11.0. The number of aliphatic hydroxyl groups is 1. The Balaban J connectivity index is 2.54. The highest BCUT2D eigenvalue weighted by atomic mass is 16.4. The molecule has 1 aromatic heterocycles. The summed E-state index contributed by atoms with van der Waals surface area (Å²) in [4.78, 5) is 15.7. The maximum absolute atomic E-state index is 11.1. The number of nitrogens with zero attached hydrogens (tertiary/aromatic N) is 1. The van der Waals surface area contributed by atoms with E-state index in [4.69, 9.17) is 4.42 Å². The van der Waals surface area contributed by atoms with Gasteiger partial charge in [0.05, 0.1) is 17.2 Å². The van der Waals surface area contributed by atoms with E-state index >= 15 is 0 Å². The van der Waals surface area contributed by atoms with Crippen LogP contribution in [0, 0.1) is 0 Å². The highest BCUT2D eigenvalue weighted by Gasteiger charge is 2.30. The molecule has 5 nitrogen and oxygen atoms in total. The quantitative estimate of drug-likeness (QED) is 0.866. The summed E-state index contributed by atoms with van der Waals surface area (Å²) < 4.78 is 4.96. The third-order valence-electron chi connectivity index (χ3n) is 2.94. The van der Waals surface area contributed by atoms with Crippen molar-refractivity contribution in [3.8, 4) is 0 Å². The molecule has 0 amide bonds. The van der Waals surface area contributed by atoms with Gasteiger partial charge in [-0.2, -0.15) is 0 Å². The van der Waals surface area contributed by atoms with Gasteiger partial charge in [-0.3, -0.25) is 9.88 Å². The molecule has 1 heterocycles. The van der Waals surface area contributed by atoms with Crippen molar-refractivity contribution in [3.63, 3.8) is 0 Å². The zero-order valence-corrected chi connectivity index (χ0v) is 11.0. The van der Waals surface area contributed by atoms with Gasteiger partial charge < -0.3 is 9.52 Å². The van der Waals surface area contributed by atoms with E-state index in [0.717, 1.165) is 5.56 Å². The Morgan fingerprint density at radius 3 is 2.61 bits per heavy atom. The predicted molar refractivity (Wildman–Crippen MR) is 69.6 cm³/mol. The third-order valence-corrected chi connectivity index (χ3v) is 2.94. The van der Waals surface area contributed by atoms with Crippen LogP contribution in [0.3, 0.4) is 0 Å². The van der Waals surface area contributed by atoms with Crippen molar-refractivity contribution in [2.75, 3.05) is 14.1 Å². The number of nitrogens with one attached hydrogen (secondary N) is 1. The van der Waals surface area contributed by atoms with Crippen LogP contribution in [-0.4, -0.2) is 34.7 Å². The number of aromatic amines is 1. The number of oxazole rings is 1. The SMILES string of the molecule is CN(C)C(c1ccc2oc(=O)[nH]c2c1)C(C)(C)O. The van der Waals surface area contributed by atoms with Crippen LogP contribution < -0.4 is 5.76 Å². The number of hydrogen-bond acceptors (Lipinski definition) is 4. The maximum Gasteiger partial charge on any atom is 0.417 e. The number of aromatic nitrogens is 1. The Morgan fingerprint density at radius 2 is 2.06 bits per heavy atom. The van der Waals surface area contributed by atoms with Gasteiger partial charge in [-0.15, -0.1) is 0 Å². The van der Waals surface area contributed by atoms with Gasteiger partial charge in [0.1, 0.15) is 0 Å². The van der Waals surface area contributed by atoms with Crippen molar-refractivity contribution in [2.24, 2.45) is 0 Å². The molecule has 0 saturated carbocycles. The van der Waals surface area contributed by atoms with Crippen molar-refractivity contribution in [3.05, 3.63) is 34.3 Å². The second kappa shape index (κ2) is 4.26. The smallest absolute Gasteiger partial charge is 0.408 e. The molecule has 1 aromatic carbocycles. The van der Waals surface area contributed by atoms with E-state index in [-0.39, 0.29) is 6.04 Å². The topological polar surface area (TPSA) is 69.5 Å². The van der Waals surface area contributed by atoms with Gasteiger partial charge in [-0.05, 0) is 45.6 Å². The van der Waals surface area contributed by atoms with Gasteiger partial charge in [0.25, 0.3) is 0 Å². The van der Waals surface area contributed by atoms with Crippen LogP contribution in [0.15, 0.2) is 27.4 Å². The Morgan fingerprint density at radius 1 is 1.39 bits per heavy atom. The molecule has 18 heavy (non-hydrogen) atoms. The van der Waals surface area contributed by atoms with Crippen LogP contribution in [0.25, 0.3) is 11.1 Å². The first-order valence-electron chi connectivity index (χ1n) is 5.80. The maximum atomic E-state index is 11.1. The first-order valence-corrected chi connectivity index (χ1v) is 5.80. The summed E-state index contributed by atoms with van der Waals surface area (Å²) in [6.45, 7) is 3.53. The van der Waals surface area contributed by atoms with Crippen molar-refractivity contribution in [1.82, 2.24) is 9.88 Å². The van der Waals surface area contributed by atoms with E-state index in [1.165, 1.54) is 0 Å². The molecule has 0 spiro atoms. The highest BCUT2D eigenvalue weighted by Crippen LogP contribution is 2.31. The van der Waals surface area contributed by atoms with E-state index in [9.17, 15) is 9.90 Å². The molecule has 1 atom stereocenters. The van der Waals surface area contributed by atoms with Crippen LogP contribution in [0.5, 0.6) is 0 Å². The van der Waals surface area contributed by atoms with Gasteiger partial charge in [-0.25, -0.2) is 4.79 Å². The largest absolute Gasteiger partial charge is 0.417 e. The fourth-order valence-electron chi connectivity index (χ4n) is 2.48. The summed E-state index contributed by atoms with van der Waals surface area (Å²) in [5.41, 5.74) is 1.21. The minimum absolute atomic E-state index is 0.166. The first-order chi connectivity index (χ1) is 8.29. The Labute approximate surface area is 105 Å². The number of hydrogen-bond donors (Lipinski definition) is 2. The highest BCUT2D eigenvalue weighted by molar-refractivity contribution is 5.73. The van der Waals surface area contributed by atoms with Crippen LogP contribution in [0.4, 0.5) is 0 Å². The summed E-state index contributed by atoms with van der Waals surface area (Å²) in [5, 5.41) is 10.2. The molecule has 0 bridgehead atoms. The summed E-state index contributed by atoms with van der Waals surface area (Å²) in [6, 6.07) is 5.27. The van der Waals surface area contributed by atoms with E-state index < -0.39 is 11.4 Å². The molecule has 2 N–H and O–H groups in total. The average molecular weight is 250 g/mol. The lowest BCUT2D eigenvalue weighted by molar-refractivity contribution is -0.00309. The van der Waals surface area contributed by atoms with Crippen molar-refractivity contribution in [1.29, 1.82) is 0 Å². The molecule has 0 aliphatic rings. The average Bonchev–Trinajstić information content (AvgIpc) is 2.54. The predicted octanol–water partition coefficient (Wildman–Crippen LogP) is 1.49. The minimum Gasteiger partial charge on any atom is -0.408 e. The summed E-state index contributed by atoms with van der Waals surface area (Å²) in [6.07, 6.45) is 0. The Bertz CT molecular complexity index is 604. The second-order valence-electron chi connectivity index (χ2n) is 5.29. The molecule has 5 heteroatoms. The van der Waals surface area contributed by atoms with Gasteiger partial charge in [0.15, 0.2) is 5.58 Å². The van der Waals surface area contributed by atoms with Gasteiger partial charge in [0.2, 0.25) is 0 Å². The first kappa shape index (κ1) is 12.9. The van der Waals surface area contributed by atoms with Crippen LogP contribution in [-0.2, 0) is 0 Å². The standard InChI is InChI=1S/C13H18N2O3/c1-13(2,17)11(15(3)4)8-5-6-10-9(7-8)14-12(16)18-10/h5-7,11,17H,1-4H3,(H,14,16). The molecule has 0 aliphatic carbocycles. The zero-order chi connectivity index (χ0) is 13.5. The molecule has 2 rings (SSSR count). The van der Waals surface area contributed by atoms with Crippen molar-refractivity contribution in [2.45, 2.75) is 25.5 Å². The number of fused-ring (bicyclic) bond motifs is 1. The van der Waals surface area contributed by atoms with Gasteiger partial charge in [0, 0.05) is 0 Å². The lowest BCUT2D eigenvalue weighted by Gasteiger charge is -2.35. The van der Waals surface area contributed by atoms with E-state index in [1.54, 1.807) is 19.9 Å². The summed E-state index contributed by atoms with van der Waals surface area (Å²) in [7, 11) is 3.82. The molecule has 0 fully saturated rings. The molecular formula is C13H18N2O3. The lowest BCUT2D eigenvalue weighted by atomic mass is 9.91. The number of rotatable bonds is 3. The number of likely N-dealkylation sites (N-methyl/N-ethyl adjacent to an activating group) is 1. The van der Waals surface area contributed by atoms with Crippen molar-refractivity contribution < 1.29 is 9.52 Å².